The Morgan fingerprint density at radius 1 is 0.952 bits per heavy atom. The number of nitrogens with zero attached hydrogens (tertiary/aromatic N) is 3. The summed E-state index contributed by atoms with van der Waals surface area (Å²) in [7, 11) is 1.55. The van der Waals surface area contributed by atoms with Gasteiger partial charge in [0.05, 0.1) is 11.9 Å². The molecule has 4 nitrogen and oxygen atoms in total. The van der Waals surface area contributed by atoms with Gasteiger partial charge in [0.2, 0.25) is 0 Å². The van der Waals surface area contributed by atoms with Gasteiger partial charge in [-0.2, -0.15) is 5.10 Å². The zero-order valence-electron chi connectivity index (χ0n) is 11.7. The average molecular weight is 277 g/mol. The molecule has 0 radical (unpaired) electrons. The number of rotatable bonds is 4. The first kappa shape index (κ1) is 13.1. The fourth-order valence-electron chi connectivity index (χ4n) is 2.13. The molecule has 0 aliphatic carbocycles. The maximum Gasteiger partial charge on any atom is 0.120 e. The van der Waals surface area contributed by atoms with Crippen molar-refractivity contribution in [3.8, 4) is 5.69 Å². The summed E-state index contributed by atoms with van der Waals surface area (Å²) in [5.74, 6) is 0. The Balaban J connectivity index is 1.99. The first-order valence-corrected chi connectivity index (χ1v) is 6.65. The van der Waals surface area contributed by atoms with E-state index in [1.54, 1.807) is 13.3 Å². The van der Waals surface area contributed by atoms with Crippen LogP contribution in [-0.2, 0) is 4.84 Å². The predicted molar refractivity (Wildman–Crippen MR) is 82.7 cm³/mol. The fraction of sp³-hybridized carbons (Fsp3) is 0.0588. The van der Waals surface area contributed by atoms with Gasteiger partial charge < -0.3 is 4.84 Å². The molecule has 0 aliphatic rings. The molecule has 0 fully saturated rings. The van der Waals surface area contributed by atoms with E-state index in [-0.39, 0.29) is 0 Å². The van der Waals surface area contributed by atoms with Gasteiger partial charge in [-0.25, -0.2) is 4.68 Å². The van der Waals surface area contributed by atoms with Crippen LogP contribution in [0.4, 0.5) is 0 Å². The Labute approximate surface area is 123 Å². The van der Waals surface area contributed by atoms with Gasteiger partial charge in [0, 0.05) is 17.3 Å². The van der Waals surface area contributed by atoms with Crippen LogP contribution in [0, 0.1) is 0 Å². The van der Waals surface area contributed by atoms with Crippen LogP contribution >= 0.6 is 0 Å². The molecule has 3 aromatic rings. The maximum absolute atomic E-state index is 4.98. The van der Waals surface area contributed by atoms with Crippen LogP contribution < -0.4 is 0 Å². The van der Waals surface area contributed by atoms with Crippen molar-refractivity contribution >= 4 is 5.71 Å². The Kier molecular flexibility index (Phi) is 3.78. The van der Waals surface area contributed by atoms with Crippen molar-refractivity contribution in [3.63, 3.8) is 0 Å². The summed E-state index contributed by atoms with van der Waals surface area (Å²) in [5, 5.41) is 8.53. The molecule has 0 unspecified atom stereocenters. The van der Waals surface area contributed by atoms with Gasteiger partial charge in [-0.3, -0.25) is 0 Å². The van der Waals surface area contributed by atoms with Gasteiger partial charge >= 0.3 is 0 Å². The van der Waals surface area contributed by atoms with Gasteiger partial charge in [0.1, 0.15) is 12.8 Å². The van der Waals surface area contributed by atoms with Crippen molar-refractivity contribution in [2.24, 2.45) is 5.16 Å². The van der Waals surface area contributed by atoms with Gasteiger partial charge in [0.25, 0.3) is 0 Å². The highest BCUT2D eigenvalue weighted by Gasteiger charge is 2.10. The lowest BCUT2D eigenvalue weighted by atomic mass is 10.1. The van der Waals surface area contributed by atoms with Crippen LogP contribution in [0.3, 0.4) is 0 Å². The summed E-state index contributed by atoms with van der Waals surface area (Å²) in [5.41, 5.74) is 3.67. The molecular weight excluding hydrogens is 262 g/mol. The Morgan fingerprint density at radius 2 is 1.62 bits per heavy atom. The molecule has 104 valence electrons. The number of hydrogen-bond acceptors (Lipinski definition) is 3. The third-order valence-electron chi connectivity index (χ3n) is 3.11. The third-order valence-corrected chi connectivity index (χ3v) is 3.11. The van der Waals surface area contributed by atoms with E-state index >= 15 is 0 Å². The van der Waals surface area contributed by atoms with Crippen molar-refractivity contribution in [3.05, 3.63) is 84.2 Å². The summed E-state index contributed by atoms with van der Waals surface area (Å²) in [6.45, 7) is 0. The lowest BCUT2D eigenvalue weighted by molar-refractivity contribution is 0.214. The summed E-state index contributed by atoms with van der Waals surface area (Å²) < 4.78 is 1.82. The average Bonchev–Trinajstić information content (AvgIpc) is 3.04. The third kappa shape index (κ3) is 2.84. The smallest absolute Gasteiger partial charge is 0.120 e. The number of benzene rings is 2. The fourth-order valence-corrected chi connectivity index (χ4v) is 2.13. The normalized spacial score (nSPS) is 11.4. The van der Waals surface area contributed by atoms with E-state index in [9.17, 15) is 0 Å². The van der Waals surface area contributed by atoms with Gasteiger partial charge in [-0.05, 0) is 12.1 Å². The first-order valence-electron chi connectivity index (χ1n) is 6.65. The van der Waals surface area contributed by atoms with E-state index in [1.165, 1.54) is 0 Å². The zero-order valence-corrected chi connectivity index (χ0v) is 11.7. The van der Waals surface area contributed by atoms with Crippen LogP contribution in [0.15, 0.2) is 78.2 Å². The Hall–Kier alpha value is -2.88. The molecule has 1 heterocycles. The van der Waals surface area contributed by atoms with Crippen molar-refractivity contribution < 1.29 is 4.84 Å². The van der Waals surface area contributed by atoms with E-state index in [1.807, 2.05) is 71.5 Å². The van der Waals surface area contributed by atoms with E-state index in [2.05, 4.69) is 10.3 Å². The quantitative estimate of drug-likeness (QED) is 0.542. The summed E-state index contributed by atoms with van der Waals surface area (Å²) >= 11 is 0. The van der Waals surface area contributed by atoms with E-state index in [0.717, 1.165) is 22.5 Å². The van der Waals surface area contributed by atoms with Crippen molar-refractivity contribution in [2.45, 2.75) is 0 Å². The Morgan fingerprint density at radius 3 is 2.29 bits per heavy atom. The molecule has 21 heavy (non-hydrogen) atoms. The monoisotopic (exact) mass is 277 g/mol. The van der Waals surface area contributed by atoms with Gasteiger partial charge in [0.15, 0.2) is 0 Å². The SMILES string of the molecule is CO/N=C(\c1ccccc1)c1cnn(-c2ccccc2)c1. The number of hydrogen-bond donors (Lipinski definition) is 0. The molecule has 2 aromatic carbocycles. The lowest BCUT2D eigenvalue weighted by Crippen LogP contribution is -2.02. The number of oxime groups is 1. The van der Waals surface area contributed by atoms with Gasteiger partial charge in [-0.1, -0.05) is 53.7 Å². The van der Waals surface area contributed by atoms with Crippen LogP contribution in [0.5, 0.6) is 0 Å². The summed E-state index contributed by atoms with van der Waals surface area (Å²) in [6, 6.07) is 19.9. The minimum Gasteiger partial charge on any atom is -0.399 e. The topological polar surface area (TPSA) is 39.4 Å². The minimum absolute atomic E-state index is 0.764. The molecule has 3 rings (SSSR count). The molecule has 0 spiro atoms. The highest BCUT2D eigenvalue weighted by molar-refractivity contribution is 6.12. The molecular formula is C17H15N3O. The molecule has 0 saturated heterocycles. The predicted octanol–water partition coefficient (Wildman–Crippen LogP) is 3.27. The summed E-state index contributed by atoms with van der Waals surface area (Å²) in [4.78, 5) is 4.98. The minimum atomic E-state index is 0.764. The van der Waals surface area contributed by atoms with Crippen LogP contribution in [0.2, 0.25) is 0 Å². The standard InChI is InChI=1S/C17H15N3O/c1-21-19-17(14-8-4-2-5-9-14)15-12-18-20(13-15)16-10-6-3-7-11-16/h2-13H,1H3/b19-17+. The first-order chi connectivity index (χ1) is 10.4. The molecule has 0 N–H and O–H groups in total. The van der Waals surface area contributed by atoms with Crippen molar-refractivity contribution in [1.29, 1.82) is 0 Å². The lowest BCUT2D eigenvalue weighted by Gasteiger charge is -2.03. The largest absolute Gasteiger partial charge is 0.399 e. The van der Waals surface area contributed by atoms with E-state index in [4.69, 9.17) is 4.84 Å². The molecule has 0 amide bonds. The highest BCUT2D eigenvalue weighted by Crippen LogP contribution is 2.13. The van der Waals surface area contributed by atoms with Crippen molar-refractivity contribution in [2.75, 3.05) is 7.11 Å². The van der Waals surface area contributed by atoms with Crippen LogP contribution in [0.1, 0.15) is 11.1 Å². The number of para-hydroxylation sites is 1. The van der Waals surface area contributed by atoms with Crippen molar-refractivity contribution in [1.82, 2.24) is 9.78 Å². The van der Waals surface area contributed by atoms with Crippen LogP contribution in [0.25, 0.3) is 5.69 Å². The second-order valence-electron chi connectivity index (χ2n) is 4.50. The summed E-state index contributed by atoms with van der Waals surface area (Å²) in [6.07, 6.45) is 3.73. The maximum atomic E-state index is 4.98. The molecule has 4 heteroatoms. The van der Waals surface area contributed by atoms with E-state index < -0.39 is 0 Å². The molecule has 0 aliphatic heterocycles. The zero-order chi connectivity index (χ0) is 14.5. The molecule has 0 saturated carbocycles. The Bertz CT molecular complexity index is 733. The van der Waals surface area contributed by atoms with Gasteiger partial charge in [-0.15, -0.1) is 0 Å². The number of aromatic nitrogens is 2. The highest BCUT2D eigenvalue weighted by atomic mass is 16.6. The molecule has 1 aromatic heterocycles. The molecule has 0 atom stereocenters. The second-order valence-corrected chi connectivity index (χ2v) is 4.50. The van der Waals surface area contributed by atoms with E-state index in [0.29, 0.717) is 0 Å². The second kappa shape index (κ2) is 6.05. The molecule has 0 bridgehead atoms. The van der Waals surface area contributed by atoms with Crippen LogP contribution in [-0.4, -0.2) is 22.6 Å².